The number of fused-ring (bicyclic) bond motifs is 8. The molecule has 3 nitrogen and oxygen atoms in total. The molecule has 0 amide bonds. The molecule has 47 heavy (non-hydrogen) atoms. The third-order valence-corrected chi connectivity index (χ3v) is 9.52. The highest BCUT2D eigenvalue weighted by molar-refractivity contribution is 6.14. The molecule has 10 rings (SSSR count). The Kier molecular flexibility index (Phi) is 5.57. The van der Waals surface area contributed by atoms with Gasteiger partial charge in [-0.05, 0) is 74.8 Å². The van der Waals surface area contributed by atoms with E-state index in [9.17, 15) is 0 Å². The first-order chi connectivity index (χ1) is 23.3. The van der Waals surface area contributed by atoms with Crippen LogP contribution in [0.15, 0.2) is 164 Å². The fourth-order valence-electron chi connectivity index (χ4n) is 7.30. The highest BCUT2D eigenvalue weighted by Crippen LogP contribution is 2.37. The minimum absolute atomic E-state index is 0.713. The number of rotatable bonds is 3. The van der Waals surface area contributed by atoms with Crippen LogP contribution >= 0.6 is 0 Å². The largest absolute Gasteiger partial charge is 0.309 e. The minimum atomic E-state index is 0.713. The Hall–Kier alpha value is -6.32. The van der Waals surface area contributed by atoms with Crippen molar-refractivity contribution in [2.24, 2.45) is 0 Å². The number of para-hydroxylation sites is 2. The molecular weight excluding hydrogens is 571 g/mol. The van der Waals surface area contributed by atoms with Crippen LogP contribution in [0.4, 0.5) is 0 Å². The van der Waals surface area contributed by atoms with E-state index in [2.05, 4.69) is 162 Å². The second kappa shape index (κ2) is 10.1. The zero-order valence-electron chi connectivity index (χ0n) is 25.4. The van der Waals surface area contributed by atoms with E-state index in [0.717, 1.165) is 33.4 Å². The molecule has 0 aliphatic carbocycles. The fraction of sp³-hybridized carbons (Fsp3) is 0. The number of nitrogens with zero attached hydrogens (tertiary/aromatic N) is 3. The molecule has 0 aliphatic rings. The van der Waals surface area contributed by atoms with Crippen LogP contribution in [0.3, 0.4) is 0 Å². The van der Waals surface area contributed by atoms with Gasteiger partial charge < -0.3 is 4.57 Å². The summed E-state index contributed by atoms with van der Waals surface area (Å²) in [6.45, 7) is 0. The van der Waals surface area contributed by atoms with Crippen LogP contribution in [0, 0.1) is 0 Å². The van der Waals surface area contributed by atoms with Crippen LogP contribution in [0.1, 0.15) is 0 Å². The molecule has 0 fully saturated rings. The maximum atomic E-state index is 5.28. The molecule has 2 aromatic heterocycles. The molecule has 0 bridgehead atoms. The second-order valence-corrected chi connectivity index (χ2v) is 12.3. The lowest BCUT2D eigenvalue weighted by molar-refractivity contribution is 1.17. The third kappa shape index (κ3) is 4.07. The van der Waals surface area contributed by atoms with Crippen LogP contribution in [-0.4, -0.2) is 14.5 Å². The molecule has 0 radical (unpaired) electrons. The predicted octanol–water partition coefficient (Wildman–Crippen LogP) is 11.5. The monoisotopic (exact) mass is 597 g/mol. The van der Waals surface area contributed by atoms with E-state index >= 15 is 0 Å². The van der Waals surface area contributed by atoms with E-state index in [0.29, 0.717) is 5.82 Å². The van der Waals surface area contributed by atoms with E-state index in [1.807, 2.05) is 6.07 Å². The predicted molar refractivity (Wildman–Crippen MR) is 197 cm³/mol. The molecule has 0 aliphatic heterocycles. The zero-order valence-corrected chi connectivity index (χ0v) is 25.4. The lowest BCUT2D eigenvalue weighted by atomic mass is 9.98. The molecule has 0 N–H and O–H groups in total. The van der Waals surface area contributed by atoms with E-state index in [4.69, 9.17) is 9.97 Å². The second-order valence-electron chi connectivity index (χ2n) is 12.3. The maximum absolute atomic E-state index is 5.28. The molecule has 3 heteroatoms. The average Bonchev–Trinajstić information content (AvgIpc) is 3.46. The average molecular weight is 598 g/mol. The van der Waals surface area contributed by atoms with Crippen molar-refractivity contribution in [1.82, 2.24) is 14.5 Å². The minimum Gasteiger partial charge on any atom is -0.309 e. The molecule has 10 aromatic rings. The highest BCUT2D eigenvalue weighted by atomic mass is 15.0. The first kappa shape index (κ1) is 26.0. The summed E-state index contributed by atoms with van der Waals surface area (Å²) < 4.78 is 2.37. The van der Waals surface area contributed by atoms with E-state index < -0.39 is 0 Å². The Labute approximate surface area is 271 Å². The number of benzene rings is 8. The number of aromatic nitrogens is 3. The van der Waals surface area contributed by atoms with E-state index in [1.54, 1.807) is 0 Å². The molecule has 0 saturated heterocycles. The molecule has 0 saturated carbocycles. The van der Waals surface area contributed by atoms with Crippen LogP contribution < -0.4 is 0 Å². The van der Waals surface area contributed by atoms with Gasteiger partial charge in [0.15, 0.2) is 5.82 Å². The Morgan fingerprint density at radius 2 is 1.06 bits per heavy atom. The van der Waals surface area contributed by atoms with Crippen LogP contribution in [0.25, 0.3) is 93.4 Å². The molecule has 218 valence electrons. The van der Waals surface area contributed by atoms with E-state index in [1.165, 1.54) is 54.1 Å². The van der Waals surface area contributed by atoms with Gasteiger partial charge in [0.2, 0.25) is 0 Å². The molecule has 2 heterocycles. The van der Waals surface area contributed by atoms with Crippen molar-refractivity contribution < 1.29 is 0 Å². The Morgan fingerprint density at radius 1 is 0.362 bits per heavy atom. The molecule has 0 spiro atoms. The lowest BCUT2D eigenvalue weighted by Crippen LogP contribution is -1.98. The SMILES string of the molecule is c1cc(-c2nc(-c3ccc4c(ccc5ccccc54)c3)c3ccccc3n2)cc(-n2c3ccccc3c3cc4ccccc4cc32)c1. The van der Waals surface area contributed by atoms with Gasteiger partial charge in [-0.25, -0.2) is 9.97 Å². The summed E-state index contributed by atoms with van der Waals surface area (Å²) in [5.74, 6) is 0.713. The van der Waals surface area contributed by atoms with Gasteiger partial charge in [-0.2, -0.15) is 0 Å². The topological polar surface area (TPSA) is 30.7 Å². The van der Waals surface area contributed by atoms with Crippen LogP contribution in [0.5, 0.6) is 0 Å². The molecular formula is C44H27N3. The van der Waals surface area contributed by atoms with Crippen LogP contribution in [0.2, 0.25) is 0 Å². The van der Waals surface area contributed by atoms with Gasteiger partial charge in [0.25, 0.3) is 0 Å². The van der Waals surface area contributed by atoms with Gasteiger partial charge in [0.1, 0.15) is 0 Å². The summed E-state index contributed by atoms with van der Waals surface area (Å²) in [5, 5.41) is 11.0. The number of hydrogen-bond donors (Lipinski definition) is 0. The first-order valence-electron chi connectivity index (χ1n) is 16.0. The molecule has 0 atom stereocenters. The van der Waals surface area contributed by atoms with Crippen molar-refractivity contribution in [3.63, 3.8) is 0 Å². The van der Waals surface area contributed by atoms with Gasteiger partial charge in [-0.1, -0.05) is 121 Å². The van der Waals surface area contributed by atoms with Crippen molar-refractivity contribution >= 4 is 65.0 Å². The number of hydrogen-bond acceptors (Lipinski definition) is 2. The van der Waals surface area contributed by atoms with Gasteiger partial charge in [0.05, 0.1) is 22.2 Å². The fourth-order valence-corrected chi connectivity index (χ4v) is 7.30. The normalized spacial score (nSPS) is 11.8. The summed E-state index contributed by atoms with van der Waals surface area (Å²) in [6.07, 6.45) is 0. The first-order valence-corrected chi connectivity index (χ1v) is 16.0. The highest BCUT2D eigenvalue weighted by Gasteiger charge is 2.16. The summed E-state index contributed by atoms with van der Waals surface area (Å²) in [6, 6.07) is 58.5. The van der Waals surface area contributed by atoms with E-state index in [-0.39, 0.29) is 0 Å². The molecule has 0 unspecified atom stereocenters. The van der Waals surface area contributed by atoms with Gasteiger partial charge in [0, 0.05) is 33.0 Å². The van der Waals surface area contributed by atoms with Gasteiger partial charge in [-0.3, -0.25) is 0 Å². The Morgan fingerprint density at radius 3 is 1.96 bits per heavy atom. The lowest BCUT2D eigenvalue weighted by Gasteiger charge is -2.13. The summed E-state index contributed by atoms with van der Waals surface area (Å²) in [5.41, 5.74) is 7.38. The van der Waals surface area contributed by atoms with Crippen molar-refractivity contribution in [3.05, 3.63) is 164 Å². The summed E-state index contributed by atoms with van der Waals surface area (Å²) >= 11 is 0. The third-order valence-electron chi connectivity index (χ3n) is 9.52. The van der Waals surface area contributed by atoms with Crippen molar-refractivity contribution in [3.8, 4) is 28.3 Å². The van der Waals surface area contributed by atoms with Crippen molar-refractivity contribution in [2.75, 3.05) is 0 Å². The standard InChI is InChI=1S/C44H27N3/c1-2-12-30-27-42-39(26-29(30)11-1)37-16-6-8-19-41(37)47(42)34-14-9-13-33(25-34)44-45-40-18-7-5-17-38(40)43(46-44)32-22-23-36-31(24-32)21-20-28-10-3-4-15-35(28)36/h1-27H. The summed E-state index contributed by atoms with van der Waals surface area (Å²) in [4.78, 5) is 10.4. The quantitative estimate of drug-likeness (QED) is 0.190. The van der Waals surface area contributed by atoms with Gasteiger partial charge >= 0.3 is 0 Å². The Bertz CT molecular complexity index is 2860. The van der Waals surface area contributed by atoms with Crippen molar-refractivity contribution in [2.45, 2.75) is 0 Å². The van der Waals surface area contributed by atoms with Crippen molar-refractivity contribution in [1.29, 1.82) is 0 Å². The smallest absolute Gasteiger partial charge is 0.160 e. The zero-order chi connectivity index (χ0) is 30.9. The van der Waals surface area contributed by atoms with Gasteiger partial charge in [-0.15, -0.1) is 0 Å². The summed E-state index contributed by atoms with van der Waals surface area (Å²) in [7, 11) is 0. The molecule has 8 aromatic carbocycles. The Balaban J connectivity index is 1.17. The van der Waals surface area contributed by atoms with Crippen LogP contribution in [-0.2, 0) is 0 Å². The maximum Gasteiger partial charge on any atom is 0.160 e.